The van der Waals surface area contributed by atoms with Crippen LogP contribution in [0.15, 0.2) is 42.5 Å². The zero-order valence-corrected chi connectivity index (χ0v) is 23.0. The van der Waals surface area contributed by atoms with E-state index in [0.717, 1.165) is 24.0 Å². The van der Waals surface area contributed by atoms with Gasteiger partial charge in [-0.05, 0) is 72.9 Å². The minimum atomic E-state index is -1.03. The minimum absolute atomic E-state index is 0.00109. The van der Waals surface area contributed by atoms with E-state index < -0.39 is 17.4 Å². The maximum Gasteiger partial charge on any atom is 0.238 e. The van der Waals surface area contributed by atoms with Crippen LogP contribution in [0.2, 0.25) is 10.0 Å². The van der Waals surface area contributed by atoms with Gasteiger partial charge in [0.15, 0.2) is 0 Å². The molecule has 4 N–H and O–H groups in total. The molecule has 2 amide bonds. The van der Waals surface area contributed by atoms with Crippen molar-refractivity contribution in [1.82, 2.24) is 10.6 Å². The molecule has 1 saturated carbocycles. The molecule has 2 aliphatic heterocycles. The van der Waals surface area contributed by atoms with Gasteiger partial charge >= 0.3 is 0 Å². The number of fused-ring (bicyclic) bond motifs is 2. The first-order chi connectivity index (χ1) is 17.5. The topological polar surface area (TPSA) is 90.5 Å². The molecule has 1 spiro atoms. The summed E-state index contributed by atoms with van der Waals surface area (Å²) in [5.41, 5.74) is 1.25. The average Bonchev–Trinajstić information content (AvgIpc) is 3.29. The highest BCUT2D eigenvalue weighted by molar-refractivity contribution is 6.31. The monoisotopic (exact) mass is 543 g/mol. The molecule has 2 fully saturated rings. The number of aliphatic hydroxyl groups excluding tert-OH is 1. The van der Waals surface area contributed by atoms with Crippen molar-refractivity contribution < 1.29 is 14.7 Å². The Morgan fingerprint density at radius 1 is 1.08 bits per heavy atom. The largest absolute Gasteiger partial charge is 0.393 e. The van der Waals surface area contributed by atoms with Crippen molar-refractivity contribution in [2.75, 3.05) is 5.32 Å². The van der Waals surface area contributed by atoms with Gasteiger partial charge in [0.25, 0.3) is 0 Å². The molecule has 8 heteroatoms. The van der Waals surface area contributed by atoms with Crippen LogP contribution in [0.25, 0.3) is 0 Å². The lowest BCUT2D eigenvalue weighted by atomic mass is 9.62. The SMILES string of the molecule is CC(C)(C)C[C@@H]1N[C@@H](C(=O)NC2CCC(O)CC2)[C@H](c2cccc(Cl)c2)C12C(=O)Nc1cc(Cl)ccc12. The molecular formula is C29H35Cl2N3O3. The summed E-state index contributed by atoms with van der Waals surface area (Å²) in [6.07, 6.45) is 3.20. The molecule has 3 aliphatic rings. The second kappa shape index (κ2) is 9.88. The fraction of sp³-hybridized carbons (Fsp3) is 0.517. The smallest absolute Gasteiger partial charge is 0.238 e. The molecule has 1 unspecified atom stereocenters. The van der Waals surface area contributed by atoms with Crippen LogP contribution in [0, 0.1) is 5.41 Å². The average molecular weight is 545 g/mol. The van der Waals surface area contributed by atoms with E-state index in [2.05, 4.69) is 36.7 Å². The Morgan fingerprint density at radius 2 is 1.78 bits per heavy atom. The number of rotatable bonds is 4. The van der Waals surface area contributed by atoms with Gasteiger partial charge in [0, 0.05) is 33.7 Å². The Balaban J connectivity index is 1.64. The zero-order valence-electron chi connectivity index (χ0n) is 21.5. The number of benzene rings is 2. The summed E-state index contributed by atoms with van der Waals surface area (Å²) in [6, 6.07) is 12.1. The lowest BCUT2D eigenvalue weighted by molar-refractivity contribution is -0.124. The van der Waals surface area contributed by atoms with E-state index in [4.69, 9.17) is 23.2 Å². The highest BCUT2D eigenvalue weighted by Gasteiger charge is 2.65. The summed E-state index contributed by atoms with van der Waals surface area (Å²) in [5.74, 6) is -0.750. The van der Waals surface area contributed by atoms with Crippen LogP contribution < -0.4 is 16.0 Å². The van der Waals surface area contributed by atoms with Crippen LogP contribution in [0.1, 0.15) is 69.9 Å². The third kappa shape index (κ3) is 4.89. The molecule has 6 nitrogen and oxygen atoms in total. The van der Waals surface area contributed by atoms with Gasteiger partial charge in [-0.25, -0.2) is 0 Å². The third-order valence-electron chi connectivity index (χ3n) is 8.16. The molecule has 198 valence electrons. The summed E-state index contributed by atoms with van der Waals surface area (Å²) < 4.78 is 0. The van der Waals surface area contributed by atoms with Crippen molar-refractivity contribution in [2.45, 2.75) is 88.4 Å². The zero-order chi connectivity index (χ0) is 26.5. The molecule has 0 radical (unpaired) electrons. The number of hydrogen-bond donors (Lipinski definition) is 4. The number of nitrogens with one attached hydrogen (secondary N) is 3. The maximum absolute atomic E-state index is 14.1. The fourth-order valence-electron chi connectivity index (χ4n) is 6.63. The van der Waals surface area contributed by atoms with Crippen LogP contribution in [0.3, 0.4) is 0 Å². The molecular weight excluding hydrogens is 509 g/mol. The molecule has 2 heterocycles. The van der Waals surface area contributed by atoms with Gasteiger partial charge in [-0.3, -0.25) is 9.59 Å². The fourth-order valence-corrected chi connectivity index (χ4v) is 7.00. The van der Waals surface area contributed by atoms with Gasteiger partial charge in [-0.2, -0.15) is 0 Å². The molecule has 1 aliphatic carbocycles. The number of carbonyl (C=O) groups is 2. The highest BCUT2D eigenvalue weighted by atomic mass is 35.5. The summed E-state index contributed by atoms with van der Waals surface area (Å²) >= 11 is 12.8. The van der Waals surface area contributed by atoms with E-state index in [1.54, 1.807) is 12.1 Å². The number of halogens is 2. The summed E-state index contributed by atoms with van der Waals surface area (Å²) in [7, 11) is 0. The van der Waals surface area contributed by atoms with Crippen molar-refractivity contribution in [3.05, 3.63) is 63.6 Å². The standard InChI is InChI=1S/C29H35Cl2N3O3/c1-28(2,3)15-23-29(21-12-7-18(31)14-22(21)33-27(29)37)24(16-5-4-6-17(30)13-16)25(34-23)26(36)32-19-8-10-20(35)11-9-19/h4-7,12-14,19-20,23-25,34-35H,8-11,15H2,1-3H3,(H,32,36)(H,33,37)/t19?,20?,23-,24-,25+,29?/m0/s1. The summed E-state index contributed by atoms with van der Waals surface area (Å²) in [6.45, 7) is 6.44. The first-order valence-electron chi connectivity index (χ1n) is 13.1. The number of hydrogen-bond acceptors (Lipinski definition) is 4. The van der Waals surface area contributed by atoms with Gasteiger partial charge in [0.05, 0.1) is 12.1 Å². The Hall–Kier alpha value is -2.12. The Morgan fingerprint density at radius 3 is 2.46 bits per heavy atom. The van der Waals surface area contributed by atoms with E-state index in [9.17, 15) is 14.7 Å². The van der Waals surface area contributed by atoms with Crippen molar-refractivity contribution in [3.63, 3.8) is 0 Å². The predicted octanol–water partition coefficient (Wildman–Crippen LogP) is 5.16. The van der Waals surface area contributed by atoms with Crippen molar-refractivity contribution >= 4 is 40.7 Å². The summed E-state index contributed by atoms with van der Waals surface area (Å²) in [4.78, 5) is 28.1. The van der Waals surface area contributed by atoms with E-state index in [1.165, 1.54) is 0 Å². The Kier molecular flexibility index (Phi) is 7.07. The van der Waals surface area contributed by atoms with E-state index >= 15 is 0 Å². The number of aliphatic hydroxyl groups is 1. The number of anilines is 1. The van der Waals surface area contributed by atoms with Gasteiger partial charge in [-0.15, -0.1) is 0 Å². The van der Waals surface area contributed by atoms with Crippen molar-refractivity contribution in [1.29, 1.82) is 0 Å². The lowest BCUT2D eigenvalue weighted by Gasteiger charge is -2.37. The maximum atomic E-state index is 14.1. The van der Waals surface area contributed by atoms with E-state index in [1.807, 2.05) is 30.3 Å². The van der Waals surface area contributed by atoms with Gasteiger partial charge in [0.1, 0.15) is 5.41 Å². The van der Waals surface area contributed by atoms with Crippen LogP contribution in [0.5, 0.6) is 0 Å². The van der Waals surface area contributed by atoms with Gasteiger partial charge in [0.2, 0.25) is 11.8 Å². The molecule has 2 aromatic carbocycles. The Bertz CT molecular complexity index is 1210. The van der Waals surface area contributed by atoms with Crippen LogP contribution >= 0.6 is 23.2 Å². The second-order valence-corrected chi connectivity index (χ2v) is 12.9. The first-order valence-corrected chi connectivity index (χ1v) is 13.9. The number of amides is 2. The van der Waals surface area contributed by atoms with Crippen LogP contribution in [-0.2, 0) is 15.0 Å². The molecule has 2 aromatic rings. The normalized spacial score (nSPS) is 31.3. The van der Waals surface area contributed by atoms with Gasteiger partial charge in [-0.1, -0.05) is 62.2 Å². The quantitative estimate of drug-likeness (QED) is 0.428. The molecule has 4 atom stereocenters. The summed E-state index contributed by atoms with van der Waals surface area (Å²) in [5, 5.41) is 21.0. The highest BCUT2D eigenvalue weighted by Crippen LogP contribution is 2.56. The van der Waals surface area contributed by atoms with Crippen molar-refractivity contribution in [3.8, 4) is 0 Å². The molecule has 0 bridgehead atoms. The van der Waals surface area contributed by atoms with Crippen LogP contribution in [0.4, 0.5) is 5.69 Å². The lowest BCUT2D eigenvalue weighted by Crippen LogP contribution is -2.49. The van der Waals surface area contributed by atoms with Gasteiger partial charge < -0.3 is 21.1 Å². The first kappa shape index (κ1) is 26.5. The van der Waals surface area contributed by atoms with Crippen molar-refractivity contribution in [2.24, 2.45) is 5.41 Å². The van der Waals surface area contributed by atoms with E-state index in [-0.39, 0.29) is 35.4 Å². The molecule has 5 rings (SSSR count). The Labute approximate surface area is 228 Å². The second-order valence-electron chi connectivity index (χ2n) is 12.0. The molecule has 0 aromatic heterocycles. The third-order valence-corrected chi connectivity index (χ3v) is 8.63. The molecule has 37 heavy (non-hydrogen) atoms. The predicted molar refractivity (Wildman–Crippen MR) is 147 cm³/mol. The molecule has 1 saturated heterocycles. The number of carbonyl (C=O) groups excluding carboxylic acids is 2. The minimum Gasteiger partial charge on any atom is -0.393 e. The van der Waals surface area contributed by atoms with E-state index in [0.29, 0.717) is 35.0 Å². The van der Waals surface area contributed by atoms with Crippen LogP contribution in [-0.4, -0.2) is 41.2 Å².